The molecule has 0 atom stereocenters. The molecule has 0 bridgehead atoms. The normalized spacial score (nSPS) is 24.7. The van der Waals surface area contributed by atoms with E-state index in [-0.39, 0.29) is 12.5 Å². The van der Waals surface area contributed by atoms with Gasteiger partial charge in [0.1, 0.15) is 5.41 Å². The van der Waals surface area contributed by atoms with Crippen LogP contribution in [0.3, 0.4) is 0 Å². The third-order valence-electron chi connectivity index (χ3n) is 3.87. The highest BCUT2D eigenvalue weighted by Gasteiger charge is 2.52. The maximum Gasteiger partial charge on any atom is 0.319 e. The summed E-state index contributed by atoms with van der Waals surface area (Å²) in [5, 5.41) is 0. The van der Waals surface area contributed by atoms with E-state index in [9.17, 15) is 4.79 Å². The van der Waals surface area contributed by atoms with Crippen molar-refractivity contribution in [3.8, 4) is 0 Å². The molecule has 18 heavy (non-hydrogen) atoms. The van der Waals surface area contributed by atoms with Crippen LogP contribution in [-0.4, -0.2) is 38.1 Å². The van der Waals surface area contributed by atoms with Crippen molar-refractivity contribution in [2.75, 3.05) is 26.4 Å². The highest BCUT2D eigenvalue weighted by atomic mass is 16.7. The van der Waals surface area contributed by atoms with Crippen molar-refractivity contribution < 1.29 is 19.0 Å². The van der Waals surface area contributed by atoms with Crippen LogP contribution in [0, 0.1) is 12.0 Å². The summed E-state index contributed by atoms with van der Waals surface area (Å²) in [4.78, 5) is 15.5. The predicted molar refractivity (Wildman–Crippen MR) is 63.6 cm³/mol. The van der Waals surface area contributed by atoms with Gasteiger partial charge in [0.2, 0.25) is 6.54 Å². The van der Waals surface area contributed by atoms with Crippen LogP contribution in [0.15, 0.2) is 0 Å². The number of carbonyl (C=O) groups excluding carboxylic acids is 1. The number of hydrogen-bond acceptors (Lipinski definition) is 4. The molecule has 0 amide bonds. The van der Waals surface area contributed by atoms with Crippen molar-refractivity contribution in [2.45, 2.75) is 38.4 Å². The molecule has 0 aromatic carbocycles. The van der Waals surface area contributed by atoms with E-state index < -0.39 is 11.2 Å². The summed E-state index contributed by atoms with van der Waals surface area (Å²) in [5.41, 5.74) is -0.654. The van der Waals surface area contributed by atoms with Gasteiger partial charge in [0.05, 0.1) is 19.8 Å². The smallest absolute Gasteiger partial charge is 0.319 e. The minimum atomic E-state index is -0.654. The van der Waals surface area contributed by atoms with Crippen LogP contribution in [-0.2, 0) is 19.0 Å². The maximum atomic E-state index is 12.1. The molecule has 5 nitrogen and oxygen atoms in total. The van der Waals surface area contributed by atoms with Crippen LogP contribution >= 0.6 is 0 Å². The molecule has 1 saturated carbocycles. The van der Waals surface area contributed by atoms with Gasteiger partial charge in [0.25, 0.3) is 0 Å². The number of nitrogens with zero attached hydrogens (tertiary/aromatic N) is 1. The second-order valence-corrected chi connectivity index (χ2v) is 4.92. The lowest BCUT2D eigenvalue weighted by Gasteiger charge is -2.39. The molecule has 100 valence electrons. The second-order valence-electron chi connectivity index (χ2n) is 4.92. The Morgan fingerprint density at radius 2 is 1.89 bits per heavy atom. The van der Waals surface area contributed by atoms with Gasteiger partial charge in [-0.2, -0.15) is 0 Å². The van der Waals surface area contributed by atoms with Gasteiger partial charge in [-0.05, 0) is 19.8 Å². The Labute approximate surface area is 107 Å². The van der Waals surface area contributed by atoms with Crippen molar-refractivity contribution in [1.29, 1.82) is 0 Å². The number of ether oxygens (including phenoxy) is 3. The molecule has 1 heterocycles. The van der Waals surface area contributed by atoms with E-state index in [1.54, 1.807) is 6.92 Å². The first-order valence-electron chi connectivity index (χ1n) is 6.45. The molecule has 0 N–H and O–H groups in total. The number of esters is 1. The Morgan fingerprint density at radius 1 is 1.28 bits per heavy atom. The van der Waals surface area contributed by atoms with E-state index >= 15 is 0 Å². The minimum absolute atomic E-state index is 0.196. The Balaban J connectivity index is 2.05. The summed E-state index contributed by atoms with van der Waals surface area (Å²) in [6.45, 7) is 10.6. The minimum Gasteiger partial charge on any atom is -0.465 e. The molecular formula is C13H19NO4. The Hall–Kier alpha value is -1.12. The van der Waals surface area contributed by atoms with Crippen molar-refractivity contribution >= 4 is 5.97 Å². The molecule has 2 fully saturated rings. The molecule has 0 aromatic heterocycles. The van der Waals surface area contributed by atoms with Gasteiger partial charge in [0.15, 0.2) is 5.79 Å². The summed E-state index contributed by atoms with van der Waals surface area (Å²) in [7, 11) is 0. The van der Waals surface area contributed by atoms with Gasteiger partial charge < -0.3 is 19.1 Å². The fourth-order valence-electron chi connectivity index (χ4n) is 2.76. The van der Waals surface area contributed by atoms with Gasteiger partial charge >= 0.3 is 5.97 Å². The summed E-state index contributed by atoms with van der Waals surface area (Å²) in [6, 6.07) is 0. The number of hydrogen-bond donors (Lipinski definition) is 0. The fourth-order valence-corrected chi connectivity index (χ4v) is 2.76. The van der Waals surface area contributed by atoms with Crippen molar-refractivity contribution in [1.82, 2.24) is 0 Å². The zero-order valence-corrected chi connectivity index (χ0v) is 10.7. The van der Waals surface area contributed by atoms with Gasteiger partial charge in [-0.15, -0.1) is 0 Å². The second kappa shape index (κ2) is 5.25. The van der Waals surface area contributed by atoms with E-state index in [0.717, 1.165) is 0 Å². The maximum absolute atomic E-state index is 12.1. The molecule has 1 aliphatic carbocycles. The molecule has 0 unspecified atom stereocenters. The molecule has 0 aromatic rings. The Bertz CT molecular complexity index is 344. The van der Waals surface area contributed by atoms with Gasteiger partial charge in [-0.3, -0.25) is 4.79 Å². The molecule has 1 spiro atoms. The topological polar surface area (TPSA) is 49.1 Å². The van der Waals surface area contributed by atoms with Crippen LogP contribution in [0.1, 0.15) is 32.6 Å². The van der Waals surface area contributed by atoms with E-state index in [1.165, 1.54) is 0 Å². The monoisotopic (exact) mass is 253 g/mol. The first-order chi connectivity index (χ1) is 8.66. The largest absolute Gasteiger partial charge is 0.465 e. The fraction of sp³-hybridized carbons (Fsp3) is 0.846. The zero-order valence-electron chi connectivity index (χ0n) is 10.7. The van der Waals surface area contributed by atoms with Crippen LogP contribution in [0.2, 0.25) is 0 Å². The van der Waals surface area contributed by atoms with Crippen molar-refractivity contribution in [3.05, 3.63) is 11.4 Å². The third kappa shape index (κ3) is 2.36. The molecule has 1 saturated heterocycles. The Morgan fingerprint density at radius 3 is 2.39 bits per heavy atom. The molecular weight excluding hydrogens is 234 g/mol. The van der Waals surface area contributed by atoms with Gasteiger partial charge in [-0.1, -0.05) is 0 Å². The van der Waals surface area contributed by atoms with E-state index in [0.29, 0.717) is 45.5 Å². The Kier molecular flexibility index (Phi) is 3.88. The summed E-state index contributed by atoms with van der Waals surface area (Å²) in [5.74, 6) is -0.744. The molecule has 1 aliphatic heterocycles. The van der Waals surface area contributed by atoms with E-state index in [2.05, 4.69) is 4.85 Å². The SMILES string of the molecule is [C-]#[N+]CC1(C(=O)OCC)CCC2(CC1)OCCO2. The van der Waals surface area contributed by atoms with Gasteiger partial charge in [0, 0.05) is 12.8 Å². The molecule has 5 heteroatoms. The average molecular weight is 253 g/mol. The van der Waals surface area contributed by atoms with Crippen molar-refractivity contribution in [3.63, 3.8) is 0 Å². The highest BCUT2D eigenvalue weighted by molar-refractivity contribution is 5.77. The number of carbonyl (C=O) groups is 1. The lowest BCUT2D eigenvalue weighted by Crippen LogP contribution is -2.45. The lowest BCUT2D eigenvalue weighted by atomic mass is 9.72. The zero-order chi connectivity index (χ0) is 13.1. The van der Waals surface area contributed by atoms with E-state index in [1.807, 2.05) is 0 Å². The van der Waals surface area contributed by atoms with E-state index in [4.69, 9.17) is 20.8 Å². The third-order valence-corrected chi connectivity index (χ3v) is 3.87. The highest BCUT2D eigenvalue weighted by Crippen LogP contribution is 2.45. The predicted octanol–water partition coefficient (Wildman–Crippen LogP) is 1.77. The molecule has 2 rings (SSSR count). The molecule has 0 radical (unpaired) electrons. The summed E-state index contributed by atoms with van der Waals surface area (Å²) >= 11 is 0. The standard InChI is InChI=1S/C13H19NO4/c1-3-16-11(15)12(10-14-2)4-6-13(7-5-12)17-8-9-18-13/h3-10H2,1H3. The summed E-state index contributed by atoms with van der Waals surface area (Å²) in [6.07, 6.45) is 2.55. The lowest BCUT2D eigenvalue weighted by molar-refractivity contribution is -0.197. The average Bonchev–Trinajstić information content (AvgIpc) is 2.82. The van der Waals surface area contributed by atoms with Crippen molar-refractivity contribution in [2.24, 2.45) is 5.41 Å². The number of rotatable bonds is 3. The first kappa shape index (κ1) is 13.3. The van der Waals surface area contributed by atoms with Crippen LogP contribution in [0.25, 0.3) is 4.85 Å². The van der Waals surface area contributed by atoms with Gasteiger partial charge in [-0.25, -0.2) is 6.57 Å². The quantitative estimate of drug-likeness (QED) is 0.568. The first-order valence-corrected chi connectivity index (χ1v) is 6.45. The van der Waals surface area contributed by atoms with Crippen LogP contribution in [0.4, 0.5) is 0 Å². The van der Waals surface area contributed by atoms with Crippen LogP contribution < -0.4 is 0 Å². The van der Waals surface area contributed by atoms with Crippen LogP contribution in [0.5, 0.6) is 0 Å². The molecule has 2 aliphatic rings. The summed E-state index contributed by atoms with van der Waals surface area (Å²) < 4.78 is 16.4.